The number of nitrogens with one attached hydrogen (secondary N) is 2. The van der Waals surface area contributed by atoms with Crippen LogP contribution in [0.25, 0.3) is 0 Å². The van der Waals surface area contributed by atoms with Gasteiger partial charge in [-0.05, 0) is 19.9 Å². The Morgan fingerprint density at radius 3 is 3.15 bits per heavy atom. The summed E-state index contributed by atoms with van der Waals surface area (Å²) in [6.07, 6.45) is 0. The van der Waals surface area contributed by atoms with Crippen LogP contribution < -0.4 is 20.3 Å². The summed E-state index contributed by atoms with van der Waals surface area (Å²) in [5.41, 5.74) is 0. The summed E-state index contributed by atoms with van der Waals surface area (Å²) >= 11 is 0. The zero-order valence-electron chi connectivity index (χ0n) is 12.1. The average molecular weight is 278 g/mol. The number of ether oxygens (including phenoxy) is 1. The molecule has 0 aromatic carbocycles. The van der Waals surface area contributed by atoms with Gasteiger partial charge < -0.3 is 20.3 Å². The Hall–Kier alpha value is -1.82. The number of nitrogens with zero attached hydrogens (tertiary/aromatic N) is 2. The third-order valence-electron chi connectivity index (χ3n) is 3.19. The van der Waals surface area contributed by atoms with E-state index in [1.165, 1.54) is 0 Å². The summed E-state index contributed by atoms with van der Waals surface area (Å²) in [6, 6.07) is 5.42. The molecule has 1 aliphatic rings. The van der Waals surface area contributed by atoms with Crippen LogP contribution >= 0.6 is 0 Å². The molecule has 1 saturated heterocycles. The van der Waals surface area contributed by atoms with E-state index in [9.17, 15) is 4.79 Å². The van der Waals surface area contributed by atoms with Gasteiger partial charge in [-0.2, -0.15) is 4.98 Å². The largest absolute Gasteiger partial charge is 0.478 e. The lowest BCUT2D eigenvalue weighted by atomic mass is 10.1. The predicted octanol–water partition coefficient (Wildman–Crippen LogP) is 0.395. The van der Waals surface area contributed by atoms with Gasteiger partial charge in [0, 0.05) is 32.2 Å². The van der Waals surface area contributed by atoms with Crippen molar-refractivity contribution in [3.05, 3.63) is 18.2 Å². The molecule has 0 spiro atoms. The Morgan fingerprint density at radius 1 is 1.55 bits per heavy atom. The number of aromatic nitrogens is 1. The van der Waals surface area contributed by atoms with Crippen molar-refractivity contribution >= 4 is 11.7 Å². The summed E-state index contributed by atoms with van der Waals surface area (Å²) in [4.78, 5) is 18.6. The molecular weight excluding hydrogens is 256 g/mol. The number of likely N-dealkylation sites (N-methyl/N-ethyl adjacent to an activating group) is 1. The molecule has 1 unspecified atom stereocenters. The lowest BCUT2D eigenvalue weighted by Crippen LogP contribution is -2.58. The summed E-state index contributed by atoms with van der Waals surface area (Å²) < 4.78 is 5.43. The molecule has 1 fully saturated rings. The highest BCUT2D eigenvalue weighted by molar-refractivity contribution is 5.85. The fourth-order valence-electron chi connectivity index (χ4n) is 2.30. The first kappa shape index (κ1) is 14.6. The van der Waals surface area contributed by atoms with E-state index in [-0.39, 0.29) is 11.9 Å². The van der Waals surface area contributed by atoms with Crippen molar-refractivity contribution < 1.29 is 9.53 Å². The molecule has 0 bridgehead atoms. The van der Waals surface area contributed by atoms with Crippen LogP contribution in [0.5, 0.6) is 5.88 Å². The van der Waals surface area contributed by atoms with E-state index >= 15 is 0 Å². The SMILES string of the molecule is CCNC(=O)C1CNCCN1c1cccc(OCC)n1. The number of rotatable bonds is 5. The van der Waals surface area contributed by atoms with E-state index in [0.29, 0.717) is 25.6 Å². The van der Waals surface area contributed by atoms with Crippen molar-refractivity contribution in [1.82, 2.24) is 15.6 Å². The third-order valence-corrected chi connectivity index (χ3v) is 3.19. The molecule has 1 aromatic rings. The fourth-order valence-corrected chi connectivity index (χ4v) is 2.30. The lowest BCUT2D eigenvalue weighted by molar-refractivity contribution is -0.122. The van der Waals surface area contributed by atoms with Gasteiger partial charge in [-0.1, -0.05) is 6.07 Å². The topological polar surface area (TPSA) is 66.5 Å². The van der Waals surface area contributed by atoms with E-state index in [0.717, 1.165) is 18.9 Å². The first-order chi connectivity index (χ1) is 9.76. The van der Waals surface area contributed by atoms with Crippen LogP contribution in [0.2, 0.25) is 0 Å². The molecule has 1 aromatic heterocycles. The van der Waals surface area contributed by atoms with E-state index in [1.807, 2.05) is 36.9 Å². The molecule has 6 heteroatoms. The van der Waals surface area contributed by atoms with Crippen LogP contribution in [-0.2, 0) is 4.79 Å². The van der Waals surface area contributed by atoms with Gasteiger partial charge in [-0.15, -0.1) is 0 Å². The van der Waals surface area contributed by atoms with Crippen LogP contribution in [-0.4, -0.2) is 49.7 Å². The Bertz CT molecular complexity index is 453. The standard InChI is InChI=1S/C14H22N4O2/c1-3-16-14(19)11-10-15-8-9-18(11)12-6-5-7-13(17-12)20-4-2/h5-7,11,15H,3-4,8-10H2,1-2H3,(H,16,19). The highest BCUT2D eigenvalue weighted by Crippen LogP contribution is 2.19. The molecule has 110 valence electrons. The van der Waals surface area contributed by atoms with Crippen molar-refractivity contribution in [2.45, 2.75) is 19.9 Å². The van der Waals surface area contributed by atoms with Crippen molar-refractivity contribution in [1.29, 1.82) is 0 Å². The second kappa shape index (κ2) is 7.09. The monoisotopic (exact) mass is 278 g/mol. The maximum absolute atomic E-state index is 12.1. The molecule has 1 aliphatic heterocycles. The number of hydrogen-bond acceptors (Lipinski definition) is 5. The van der Waals surface area contributed by atoms with Gasteiger partial charge in [0.15, 0.2) is 0 Å². The number of anilines is 1. The number of amides is 1. The van der Waals surface area contributed by atoms with Gasteiger partial charge in [0.05, 0.1) is 6.61 Å². The Labute approximate surface area is 119 Å². The molecule has 0 radical (unpaired) electrons. The number of carbonyl (C=O) groups is 1. The number of pyridine rings is 1. The van der Waals surface area contributed by atoms with Gasteiger partial charge in [-0.25, -0.2) is 0 Å². The van der Waals surface area contributed by atoms with Crippen LogP contribution in [0.3, 0.4) is 0 Å². The average Bonchev–Trinajstić information content (AvgIpc) is 2.48. The molecule has 2 heterocycles. The van der Waals surface area contributed by atoms with Crippen molar-refractivity contribution in [2.75, 3.05) is 37.7 Å². The fraction of sp³-hybridized carbons (Fsp3) is 0.571. The first-order valence-electron chi connectivity index (χ1n) is 7.11. The van der Waals surface area contributed by atoms with Crippen molar-refractivity contribution in [2.24, 2.45) is 0 Å². The molecule has 0 aliphatic carbocycles. The Kier molecular flexibility index (Phi) is 5.17. The minimum absolute atomic E-state index is 0.0308. The van der Waals surface area contributed by atoms with E-state index in [4.69, 9.17) is 4.74 Å². The second-order valence-corrected chi connectivity index (χ2v) is 4.57. The quantitative estimate of drug-likeness (QED) is 0.816. The highest BCUT2D eigenvalue weighted by atomic mass is 16.5. The molecule has 2 N–H and O–H groups in total. The molecule has 20 heavy (non-hydrogen) atoms. The maximum Gasteiger partial charge on any atom is 0.244 e. The number of hydrogen-bond donors (Lipinski definition) is 2. The van der Waals surface area contributed by atoms with E-state index in [2.05, 4.69) is 15.6 Å². The summed E-state index contributed by atoms with van der Waals surface area (Å²) in [6.45, 7) is 7.30. The van der Waals surface area contributed by atoms with Gasteiger partial charge >= 0.3 is 0 Å². The molecule has 2 rings (SSSR count). The van der Waals surface area contributed by atoms with Crippen LogP contribution in [0.1, 0.15) is 13.8 Å². The minimum atomic E-state index is -0.229. The summed E-state index contributed by atoms with van der Waals surface area (Å²) in [5.74, 6) is 1.41. The van der Waals surface area contributed by atoms with Crippen LogP contribution in [0, 0.1) is 0 Å². The molecule has 0 saturated carbocycles. The van der Waals surface area contributed by atoms with Gasteiger partial charge in [0.25, 0.3) is 0 Å². The van der Waals surface area contributed by atoms with E-state index in [1.54, 1.807) is 0 Å². The Morgan fingerprint density at radius 2 is 2.40 bits per heavy atom. The van der Waals surface area contributed by atoms with Crippen molar-refractivity contribution in [3.8, 4) is 5.88 Å². The molecule has 6 nitrogen and oxygen atoms in total. The minimum Gasteiger partial charge on any atom is -0.478 e. The van der Waals surface area contributed by atoms with Gasteiger partial charge in [-0.3, -0.25) is 4.79 Å². The second-order valence-electron chi connectivity index (χ2n) is 4.57. The number of carbonyl (C=O) groups excluding carboxylic acids is 1. The van der Waals surface area contributed by atoms with Gasteiger partial charge in [0.1, 0.15) is 11.9 Å². The van der Waals surface area contributed by atoms with Crippen LogP contribution in [0.15, 0.2) is 18.2 Å². The zero-order chi connectivity index (χ0) is 14.4. The zero-order valence-corrected chi connectivity index (χ0v) is 12.1. The third kappa shape index (κ3) is 3.39. The van der Waals surface area contributed by atoms with Crippen LogP contribution in [0.4, 0.5) is 5.82 Å². The van der Waals surface area contributed by atoms with Crippen molar-refractivity contribution in [3.63, 3.8) is 0 Å². The predicted molar refractivity (Wildman–Crippen MR) is 78.1 cm³/mol. The molecular formula is C14H22N4O2. The highest BCUT2D eigenvalue weighted by Gasteiger charge is 2.29. The smallest absolute Gasteiger partial charge is 0.244 e. The Balaban J connectivity index is 2.18. The van der Waals surface area contributed by atoms with Gasteiger partial charge in [0.2, 0.25) is 11.8 Å². The maximum atomic E-state index is 12.1. The lowest BCUT2D eigenvalue weighted by Gasteiger charge is -2.36. The molecule has 1 atom stereocenters. The summed E-state index contributed by atoms with van der Waals surface area (Å²) in [7, 11) is 0. The molecule has 1 amide bonds. The number of piperazine rings is 1. The normalized spacial score (nSPS) is 18.7. The van der Waals surface area contributed by atoms with E-state index < -0.39 is 0 Å². The first-order valence-corrected chi connectivity index (χ1v) is 7.11. The summed E-state index contributed by atoms with van der Waals surface area (Å²) in [5, 5.41) is 6.13.